The summed E-state index contributed by atoms with van der Waals surface area (Å²) in [7, 11) is 0. The van der Waals surface area contributed by atoms with Gasteiger partial charge in [-0.1, -0.05) is 24.3 Å². The molecular weight excluding hydrogens is 893 g/mol. The second-order valence-electron chi connectivity index (χ2n) is 16.1. The van der Waals surface area contributed by atoms with Crippen molar-refractivity contribution in [1.82, 2.24) is 20.0 Å². The van der Waals surface area contributed by atoms with E-state index in [0.717, 1.165) is 24.0 Å². The monoisotopic (exact) mass is 938 g/mol. The third-order valence-corrected chi connectivity index (χ3v) is 11.7. The van der Waals surface area contributed by atoms with E-state index in [1.54, 1.807) is 18.2 Å². The Kier molecular flexibility index (Phi) is 14.7. The van der Waals surface area contributed by atoms with Gasteiger partial charge in [0.1, 0.15) is 24.4 Å². The molecule has 356 valence electrons. The van der Waals surface area contributed by atoms with Gasteiger partial charge in [0.2, 0.25) is 29.2 Å². The van der Waals surface area contributed by atoms with E-state index in [4.69, 9.17) is 18.9 Å². The van der Waals surface area contributed by atoms with Gasteiger partial charge in [-0.15, -0.1) is 0 Å². The number of hydrogen-bond donors (Lipinski definition) is 3. The molecule has 3 aromatic carbocycles. The summed E-state index contributed by atoms with van der Waals surface area (Å²) < 4.78 is 77.0. The van der Waals surface area contributed by atoms with Crippen molar-refractivity contribution in [3.05, 3.63) is 94.3 Å². The van der Waals surface area contributed by atoms with Gasteiger partial charge in [0.05, 0.1) is 57.2 Å². The first kappa shape index (κ1) is 48.2. The van der Waals surface area contributed by atoms with Gasteiger partial charge in [0.25, 0.3) is 17.7 Å². The molecule has 0 saturated carbocycles. The van der Waals surface area contributed by atoms with Crippen LogP contribution < -0.4 is 16.0 Å². The van der Waals surface area contributed by atoms with Crippen LogP contribution in [0.5, 0.6) is 0 Å². The number of rotatable bonds is 20. The number of alkyl halides is 3. The summed E-state index contributed by atoms with van der Waals surface area (Å²) in [5, 5.41) is 8.01. The van der Waals surface area contributed by atoms with E-state index in [2.05, 4.69) is 16.0 Å². The number of imide groups is 3. The summed E-state index contributed by atoms with van der Waals surface area (Å²) >= 11 is 0. The summed E-state index contributed by atoms with van der Waals surface area (Å²) in [4.78, 5) is 105. The van der Waals surface area contributed by atoms with Crippen molar-refractivity contribution in [2.24, 2.45) is 0 Å². The maximum atomic E-state index is 13.8. The Labute approximate surface area is 380 Å². The van der Waals surface area contributed by atoms with E-state index >= 15 is 0 Å². The van der Waals surface area contributed by atoms with Gasteiger partial charge < -0.3 is 34.5 Å². The molecule has 3 atom stereocenters. The highest BCUT2D eigenvalue weighted by Crippen LogP contribution is 2.46. The van der Waals surface area contributed by atoms with Crippen LogP contribution in [0.3, 0.4) is 0 Å². The predicted octanol–water partition coefficient (Wildman–Crippen LogP) is 3.82. The van der Waals surface area contributed by atoms with Crippen molar-refractivity contribution in [2.45, 2.75) is 69.4 Å². The van der Waals surface area contributed by atoms with Crippen molar-refractivity contribution in [2.75, 3.05) is 63.4 Å². The fraction of sp³-hybridized carbons (Fsp3) is 0.422. The van der Waals surface area contributed by atoms with Crippen LogP contribution in [0.4, 0.5) is 33.7 Å². The van der Waals surface area contributed by atoms with E-state index in [1.165, 1.54) is 30.3 Å². The fourth-order valence-electron chi connectivity index (χ4n) is 8.21. The number of carbonyl (C=O) groups excluding carboxylic acids is 8. The first-order valence-electron chi connectivity index (χ1n) is 21.4. The number of nitrogens with one attached hydrogen (secondary N) is 3. The molecule has 3 aliphatic heterocycles. The van der Waals surface area contributed by atoms with Crippen LogP contribution in [0.1, 0.15) is 70.0 Å². The van der Waals surface area contributed by atoms with Gasteiger partial charge >= 0.3 is 12.3 Å². The average molecular weight is 939 g/mol. The molecule has 0 aromatic heterocycles. The summed E-state index contributed by atoms with van der Waals surface area (Å²) in [6.07, 6.45) is -5.70. The van der Waals surface area contributed by atoms with Crippen LogP contribution in [0.15, 0.2) is 60.7 Å². The average Bonchev–Trinajstić information content (AvgIpc) is 3.86. The molecule has 7 rings (SSSR count). The molecule has 4 aliphatic rings. The number of piperidine rings is 1. The van der Waals surface area contributed by atoms with Gasteiger partial charge in [-0.25, -0.2) is 14.1 Å². The molecule has 8 amide bonds. The van der Waals surface area contributed by atoms with Crippen LogP contribution in [0.2, 0.25) is 0 Å². The van der Waals surface area contributed by atoms with Gasteiger partial charge in [-0.3, -0.25) is 43.8 Å². The highest BCUT2D eigenvalue weighted by atomic mass is 19.4. The van der Waals surface area contributed by atoms with Crippen LogP contribution in [-0.2, 0) is 61.5 Å². The maximum Gasteiger partial charge on any atom is 0.418 e. The number of nitrogens with zero attached hydrogens (tertiary/aromatic N) is 3. The van der Waals surface area contributed by atoms with Crippen molar-refractivity contribution in [1.29, 1.82) is 0 Å². The maximum absolute atomic E-state index is 13.8. The zero-order valence-electron chi connectivity index (χ0n) is 36.1. The molecule has 0 radical (unpaired) electrons. The standard InChI is InChI=1S/C45H46F4N6O12/c1-26(45(47,48)49)53(24-27-5-7-29(46)8-6-27)37(58)25-54-42(62)44(67-43(54)63)15-13-28-23-30(9-10-32(28)44)51-36(57)14-17-64-19-21-66-22-20-65-18-16-50-33-4-2-3-31-38(33)41(61)55(40(31)60)34-11-12-35(56)52-39(34)59/h2-10,23,26,34,50H,11-22,24-25H2,1H3,(H,51,57)(H,52,56,59)/t26-,34?,44+/m0/s1. The Morgan fingerprint density at radius 1 is 0.910 bits per heavy atom. The lowest BCUT2D eigenvalue weighted by Gasteiger charge is -2.31. The Balaban J connectivity index is 0.786. The molecule has 0 bridgehead atoms. The quantitative estimate of drug-likeness (QED) is 0.0835. The zero-order valence-corrected chi connectivity index (χ0v) is 36.1. The van der Waals surface area contributed by atoms with Crippen molar-refractivity contribution >= 4 is 58.8 Å². The number of benzene rings is 3. The minimum absolute atomic E-state index is 0.000681. The highest BCUT2D eigenvalue weighted by molar-refractivity contribution is 6.25. The van der Waals surface area contributed by atoms with Crippen LogP contribution in [-0.4, -0.2) is 133 Å². The smallest absolute Gasteiger partial charge is 0.418 e. The first-order chi connectivity index (χ1) is 32.0. The van der Waals surface area contributed by atoms with Crippen LogP contribution in [0, 0.1) is 5.82 Å². The number of carbonyl (C=O) groups is 8. The van der Waals surface area contributed by atoms with Crippen LogP contribution >= 0.6 is 0 Å². The number of ether oxygens (including phenoxy) is 4. The molecule has 22 heteroatoms. The second-order valence-corrected chi connectivity index (χ2v) is 16.1. The zero-order chi connectivity index (χ0) is 48.0. The Bertz CT molecular complexity index is 2450. The van der Waals surface area contributed by atoms with Gasteiger partial charge in [0, 0.05) is 42.9 Å². The van der Waals surface area contributed by atoms with E-state index in [0.29, 0.717) is 38.8 Å². The third-order valence-electron chi connectivity index (χ3n) is 11.7. The molecule has 1 unspecified atom stereocenters. The lowest BCUT2D eigenvalue weighted by Crippen LogP contribution is -2.54. The van der Waals surface area contributed by atoms with E-state index < -0.39 is 84.3 Å². The van der Waals surface area contributed by atoms with Crippen LogP contribution in [0.25, 0.3) is 0 Å². The molecule has 3 N–H and O–H groups in total. The molecule has 67 heavy (non-hydrogen) atoms. The molecule has 3 heterocycles. The number of halogens is 4. The molecule has 2 fully saturated rings. The lowest BCUT2D eigenvalue weighted by atomic mass is 9.94. The molecule has 18 nitrogen and oxygen atoms in total. The first-order valence-corrected chi connectivity index (χ1v) is 21.4. The minimum atomic E-state index is -4.84. The number of aryl methyl sites for hydroxylation is 1. The number of hydrogen-bond acceptors (Lipinski definition) is 13. The van der Waals surface area contributed by atoms with Gasteiger partial charge in [-0.05, 0) is 67.3 Å². The summed E-state index contributed by atoms with van der Waals surface area (Å²) in [6.45, 7) is 0.725. The topological polar surface area (TPSA) is 219 Å². The summed E-state index contributed by atoms with van der Waals surface area (Å²) in [5.41, 5.74) is 0.425. The lowest BCUT2D eigenvalue weighted by molar-refractivity contribution is -0.187. The number of amides is 8. The predicted molar refractivity (Wildman–Crippen MR) is 224 cm³/mol. The molecular formula is C45H46F4N6O12. The van der Waals surface area contributed by atoms with Gasteiger partial charge in [-0.2, -0.15) is 13.2 Å². The highest BCUT2D eigenvalue weighted by Gasteiger charge is 2.59. The summed E-state index contributed by atoms with van der Waals surface area (Å²) in [5.74, 6) is -5.43. The fourth-order valence-corrected chi connectivity index (χ4v) is 8.21. The Morgan fingerprint density at radius 3 is 2.31 bits per heavy atom. The molecule has 1 aliphatic carbocycles. The normalized spacial score (nSPS) is 19.4. The number of fused-ring (bicyclic) bond motifs is 3. The second kappa shape index (κ2) is 20.4. The largest absolute Gasteiger partial charge is 0.427 e. The van der Waals surface area contributed by atoms with Crippen molar-refractivity contribution in [3.8, 4) is 0 Å². The van der Waals surface area contributed by atoms with E-state index in [1.807, 2.05) is 0 Å². The van der Waals surface area contributed by atoms with Crippen molar-refractivity contribution < 1.29 is 74.9 Å². The van der Waals surface area contributed by atoms with E-state index in [9.17, 15) is 55.9 Å². The Morgan fingerprint density at radius 2 is 1.61 bits per heavy atom. The summed E-state index contributed by atoms with van der Waals surface area (Å²) in [6, 6.07) is 10.6. The Hall–Kier alpha value is -6.78. The SMILES string of the molecule is C[C@H](N(Cc1ccc(F)cc1)C(=O)CN1C(=O)O[C@@]2(CCc3cc(NC(=O)CCOCCOCCOCCNc4cccc5c4C(=O)N(C4CCC(=O)NC4=O)C5=O)ccc32)C1=O)C(F)(F)F. The molecule has 2 saturated heterocycles. The third kappa shape index (κ3) is 10.6. The number of anilines is 2. The molecule has 1 spiro atoms. The van der Waals surface area contributed by atoms with Gasteiger partial charge in [0.15, 0.2) is 0 Å². The van der Waals surface area contributed by atoms with E-state index in [-0.39, 0.29) is 94.3 Å². The molecule has 3 aromatic rings. The minimum Gasteiger partial charge on any atom is -0.427 e. The van der Waals surface area contributed by atoms with Crippen molar-refractivity contribution in [3.63, 3.8) is 0 Å².